The highest BCUT2D eigenvalue weighted by atomic mass is 16.1. The molecule has 1 aromatic carbocycles. The molecule has 0 saturated heterocycles. The molecule has 0 atom stereocenters. The maximum atomic E-state index is 11.9. The summed E-state index contributed by atoms with van der Waals surface area (Å²) < 4.78 is 0. The first-order valence-corrected chi connectivity index (χ1v) is 5.94. The van der Waals surface area contributed by atoms with Crippen LogP contribution < -0.4 is 5.32 Å². The van der Waals surface area contributed by atoms with Crippen molar-refractivity contribution in [2.75, 3.05) is 0 Å². The van der Waals surface area contributed by atoms with Crippen molar-refractivity contribution in [3.05, 3.63) is 65.0 Å². The molecule has 96 valence electrons. The second kappa shape index (κ2) is 5.91. The van der Waals surface area contributed by atoms with Gasteiger partial charge in [0.25, 0.3) is 5.91 Å². The lowest BCUT2D eigenvalue weighted by Crippen LogP contribution is -2.23. The van der Waals surface area contributed by atoms with Crippen LogP contribution in [0.25, 0.3) is 0 Å². The number of hydrogen-bond acceptors (Lipinski definition) is 3. The summed E-state index contributed by atoms with van der Waals surface area (Å²) in [6, 6.07) is 10.9. The van der Waals surface area contributed by atoms with Crippen molar-refractivity contribution in [1.29, 1.82) is 0 Å². The van der Waals surface area contributed by atoms with Crippen molar-refractivity contribution in [3.8, 4) is 0 Å². The van der Waals surface area contributed by atoms with Crippen molar-refractivity contribution in [1.82, 2.24) is 10.3 Å². The number of pyridine rings is 1. The van der Waals surface area contributed by atoms with Crippen LogP contribution in [0, 0.1) is 6.92 Å². The Morgan fingerprint density at radius 3 is 2.68 bits per heavy atom. The summed E-state index contributed by atoms with van der Waals surface area (Å²) in [6.07, 6.45) is 2.14. The van der Waals surface area contributed by atoms with Gasteiger partial charge < -0.3 is 5.32 Å². The second-order valence-corrected chi connectivity index (χ2v) is 4.26. The third-order valence-corrected chi connectivity index (χ3v) is 2.73. The normalized spacial score (nSPS) is 9.95. The van der Waals surface area contributed by atoms with Crippen LogP contribution in [0.5, 0.6) is 0 Å². The minimum atomic E-state index is -0.288. The number of aldehydes is 1. The minimum absolute atomic E-state index is 0.247. The molecule has 0 aliphatic rings. The molecule has 2 aromatic rings. The van der Waals surface area contributed by atoms with Crippen LogP contribution in [0.2, 0.25) is 0 Å². The van der Waals surface area contributed by atoms with Crippen LogP contribution >= 0.6 is 0 Å². The van der Waals surface area contributed by atoms with E-state index in [1.165, 1.54) is 17.8 Å². The lowest BCUT2D eigenvalue weighted by atomic mass is 10.1. The largest absolute Gasteiger partial charge is 0.347 e. The number of carbonyl (C=O) groups is 2. The van der Waals surface area contributed by atoms with Gasteiger partial charge >= 0.3 is 0 Å². The van der Waals surface area contributed by atoms with Crippen LogP contribution in [-0.2, 0) is 6.54 Å². The number of amides is 1. The Kier molecular flexibility index (Phi) is 4.03. The van der Waals surface area contributed by atoms with Gasteiger partial charge in [0, 0.05) is 18.3 Å². The van der Waals surface area contributed by atoms with Crippen molar-refractivity contribution in [3.63, 3.8) is 0 Å². The Hall–Kier alpha value is -2.49. The first-order chi connectivity index (χ1) is 9.19. The molecule has 0 radical (unpaired) electrons. The molecule has 0 unspecified atom stereocenters. The molecular formula is C15H14N2O2. The van der Waals surface area contributed by atoms with E-state index in [0.717, 1.165) is 5.56 Å². The molecule has 0 spiro atoms. The van der Waals surface area contributed by atoms with E-state index in [1.54, 1.807) is 6.07 Å². The van der Waals surface area contributed by atoms with E-state index in [2.05, 4.69) is 10.3 Å². The minimum Gasteiger partial charge on any atom is -0.347 e. The molecule has 0 fully saturated rings. The number of aryl methyl sites for hydroxylation is 1. The number of hydrogen-bond donors (Lipinski definition) is 1. The van der Waals surface area contributed by atoms with E-state index >= 15 is 0 Å². The fraction of sp³-hybridized carbons (Fsp3) is 0.133. The number of carbonyl (C=O) groups excluding carboxylic acids is 2. The van der Waals surface area contributed by atoms with E-state index in [0.29, 0.717) is 18.4 Å². The molecule has 0 aliphatic carbocycles. The molecule has 0 saturated carbocycles. The van der Waals surface area contributed by atoms with Crippen molar-refractivity contribution >= 4 is 12.2 Å². The summed E-state index contributed by atoms with van der Waals surface area (Å²) in [5, 5.41) is 2.77. The monoisotopic (exact) mass is 254 g/mol. The third-order valence-electron chi connectivity index (χ3n) is 2.73. The fourth-order valence-corrected chi connectivity index (χ4v) is 1.62. The van der Waals surface area contributed by atoms with Crippen molar-refractivity contribution < 1.29 is 9.59 Å². The van der Waals surface area contributed by atoms with Gasteiger partial charge in [0.2, 0.25) is 0 Å². The summed E-state index contributed by atoms with van der Waals surface area (Å²) in [5.41, 5.74) is 2.88. The molecule has 1 amide bonds. The van der Waals surface area contributed by atoms with E-state index in [-0.39, 0.29) is 11.6 Å². The molecule has 1 N–H and O–H groups in total. The second-order valence-electron chi connectivity index (χ2n) is 4.26. The summed E-state index contributed by atoms with van der Waals surface area (Å²) in [4.78, 5) is 26.4. The number of rotatable bonds is 4. The average molecular weight is 254 g/mol. The van der Waals surface area contributed by atoms with Gasteiger partial charge in [-0.2, -0.15) is 0 Å². The topological polar surface area (TPSA) is 59.1 Å². The smallest absolute Gasteiger partial charge is 0.270 e. The van der Waals surface area contributed by atoms with Crippen LogP contribution in [0.3, 0.4) is 0 Å². The van der Waals surface area contributed by atoms with Gasteiger partial charge in [-0.1, -0.05) is 29.8 Å². The Morgan fingerprint density at radius 1 is 1.26 bits per heavy atom. The highest BCUT2D eigenvalue weighted by molar-refractivity contribution is 5.93. The maximum absolute atomic E-state index is 11.9. The number of nitrogens with one attached hydrogen (secondary N) is 1. The zero-order valence-corrected chi connectivity index (χ0v) is 10.6. The zero-order valence-electron chi connectivity index (χ0n) is 10.6. The maximum Gasteiger partial charge on any atom is 0.270 e. The summed E-state index contributed by atoms with van der Waals surface area (Å²) in [5.74, 6) is -0.288. The highest BCUT2D eigenvalue weighted by Gasteiger charge is 2.07. The van der Waals surface area contributed by atoms with Gasteiger partial charge in [0.05, 0.1) is 0 Å². The quantitative estimate of drug-likeness (QED) is 0.850. The van der Waals surface area contributed by atoms with Gasteiger partial charge in [-0.25, -0.2) is 0 Å². The molecule has 0 aliphatic heterocycles. The van der Waals surface area contributed by atoms with Gasteiger partial charge in [-0.3, -0.25) is 14.6 Å². The molecule has 2 rings (SSSR count). The highest BCUT2D eigenvalue weighted by Crippen LogP contribution is 2.04. The molecular weight excluding hydrogens is 240 g/mol. The fourth-order valence-electron chi connectivity index (χ4n) is 1.62. The molecule has 19 heavy (non-hydrogen) atoms. The summed E-state index contributed by atoms with van der Waals surface area (Å²) in [7, 11) is 0. The molecule has 4 nitrogen and oxygen atoms in total. The SMILES string of the molecule is Cc1ccc(CNC(=O)c2cc(C=O)ccn2)cc1. The molecule has 0 bridgehead atoms. The number of aromatic nitrogens is 1. The van der Waals surface area contributed by atoms with Gasteiger partial charge in [0.1, 0.15) is 12.0 Å². The van der Waals surface area contributed by atoms with Crippen LogP contribution in [-0.4, -0.2) is 17.2 Å². The number of benzene rings is 1. The van der Waals surface area contributed by atoms with Gasteiger partial charge in [-0.05, 0) is 24.6 Å². The third kappa shape index (κ3) is 3.48. The van der Waals surface area contributed by atoms with E-state index in [1.807, 2.05) is 31.2 Å². The standard InChI is InChI=1S/C15H14N2O2/c1-11-2-4-12(5-3-11)9-17-15(19)14-8-13(10-18)6-7-16-14/h2-8,10H,9H2,1H3,(H,17,19). The summed E-state index contributed by atoms with van der Waals surface area (Å²) in [6.45, 7) is 2.45. The molecule has 1 aromatic heterocycles. The van der Waals surface area contributed by atoms with Gasteiger partial charge in [0.15, 0.2) is 0 Å². The zero-order chi connectivity index (χ0) is 13.7. The Morgan fingerprint density at radius 2 is 2.00 bits per heavy atom. The van der Waals surface area contributed by atoms with Crippen LogP contribution in [0.1, 0.15) is 32.0 Å². The predicted molar refractivity (Wildman–Crippen MR) is 72.0 cm³/mol. The lowest BCUT2D eigenvalue weighted by Gasteiger charge is -2.05. The van der Waals surface area contributed by atoms with Gasteiger partial charge in [-0.15, -0.1) is 0 Å². The molecule has 1 heterocycles. The predicted octanol–water partition coefficient (Wildman–Crippen LogP) is 2.13. The van der Waals surface area contributed by atoms with E-state index in [9.17, 15) is 9.59 Å². The van der Waals surface area contributed by atoms with E-state index < -0.39 is 0 Å². The lowest BCUT2D eigenvalue weighted by molar-refractivity contribution is 0.0946. The Labute approximate surface area is 111 Å². The van der Waals surface area contributed by atoms with Crippen molar-refractivity contribution in [2.45, 2.75) is 13.5 Å². The van der Waals surface area contributed by atoms with Crippen molar-refractivity contribution in [2.24, 2.45) is 0 Å². The number of nitrogens with zero attached hydrogens (tertiary/aromatic N) is 1. The Bertz CT molecular complexity index is 591. The average Bonchev–Trinajstić information content (AvgIpc) is 2.46. The van der Waals surface area contributed by atoms with Crippen LogP contribution in [0.4, 0.5) is 0 Å². The summed E-state index contributed by atoms with van der Waals surface area (Å²) >= 11 is 0. The Balaban J connectivity index is 2.00. The molecule has 4 heteroatoms. The first kappa shape index (κ1) is 13.0. The van der Waals surface area contributed by atoms with E-state index in [4.69, 9.17) is 0 Å². The van der Waals surface area contributed by atoms with Crippen LogP contribution in [0.15, 0.2) is 42.6 Å². The first-order valence-electron chi connectivity index (χ1n) is 5.94.